The van der Waals surface area contributed by atoms with Crippen LogP contribution in [0.3, 0.4) is 0 Å². The monoisotopic (exact) mass is 378 g/mol. The molecule has 2 N–H and O–H groups in total. The molecule has 6 nitrogen and oxygen atoms in total. The van der Waals surface area contributed by atoms with Gasteiger partial charge in [0.25, 0.3) is 11.1 Å². The minimum atomic E-state index is -0.374. The first-order valence-corrected chi connectivity index (χ1v) is 8.91. The Balaban J connectivity index is 1.95. The van der Waals surface area contributed by atoms with E-state index in [2.05, 4.69) is 9.97 Å². The summed E-state index contributed by atoms with van der Waals surface area (Å²) in [7, 11) is 1.58. The summed E-state index contributed by atoms with van der Waals surface area (Å²) in [6.07, 6.45) is 3.32. The summed E-state index contributed by atoms with van der Waals surface area (Å²) in [4.78, 5) is 30.0. The van der Waals surface area contributed by atoms with Crippen molar-refractivity contribution in [2.45, 2.75) is 20.0 Å². The van der Waals surface area contributed by atoms with Crippen LogP contribution < -0.4 is 31.3 Å². The van der Waals surface area contributed by atoms with E-state index in [0.29, 0.717) is 5.75 Å². The van der Waals surface area contributed by atoms with Gasteiger partial charge >= 0.3 is 0 Å². The van der Waals surface area contributed by atoms with Crippen LogP contribution in [0.15, 0.2) is 58.1 Å². The SMILES string of the molecule is COc1ccc(/C=c2\[nH]c(=O)/c(=C/c3ccc(OC(C)C)cc3)[nH]c2=O)cc1. The Labute approximate surface area is 161 Å². The summed E-state index contributed by atoms with van der Waals surface area (Å²) in [5, 5.41) is 0.377. The highest BCUT2D eigenvalue weighted by Crippen LogP contribution is 2.14. The number of ether oxygens (including phenoxy) is 2. The van der Waals surface area contributed by atoms with Crippen molar-refractivity contribution < 1.29 is 9.47 Å². The Morgan fingerprint density at radius 1 is 0.750 bits per heavy atom. The van der Waals surface area contributed by atoms with Crippen LogP contribution in [0.4, 0.5) is 0 Å². The molecule has 0 radical (unpaired) electrons. The Kier molecular flexibility index (Phi) is 5.79. The first-order valence-electron chi connectivity index (χ1n) is 8.91. The number of benzene rings is 2. The first kappa shape index (κ1) is 19.2. The van der Waals surface area contributed by atoms with Crippen LogP contribution in [0.2, 0.25) is 0 Å². The predicted molar refractivity (Wildman–Crippen MR) is 109 cm³/mol. The summed E-state index contributed by atoms with van der Waals surface area (Å²) >= 11 is 0. The van der Waals surface area contributed by atoms with E-state index in [9.17, 15) is 9.59 Å². The first-order chi connectivity index (χ1) is 13.4. The standard InChI is InChI=1S/C22H22N2O4/c1-14(2)28-18-10-6-16(7-11-18)13-20-22(26)23-19(21(25)24-20)12-15-4-8-17(27-3)9-5-15/h4-14H,1-3H3,(H,23,26)(H,24,25)/b19-12-,20-13-. The summed E-state index contributed by atoms with van der Waals surface area (Å²) in [5.41, 5.74) is 0.812. The molecular formula is C22H22N2O4. The molecule has 0 unspecified atom stereocenters. The van der Waals surface area contributed by atoms with Crippen LogP contribution in [0.5, 0.6) is 11.5 Å². The molecule has 1 heterocycles. The number of H-pyrrole nitrogens is 2. The largest absolute Gasteiger partial charge is 0.497 e. The maximum absolute atomic E-state index is 12.4. The molecular weight excluding hydrogens is 356 g/mol. The minimum Gasteiger partial charge on any atom is -0.497 e. The maximum atomic E-state index is 12.4. The third-order valence-electron chi connectivity index (χ3n) is 3.98. The molecule has 0 aliphatic carbocycles. The van der Waals surface area contributed by atoms with Crippen molar-refractivity contribution in [1.29, 1.82) is 0 Å². The second kappa shape index (κ2) is 8.43. The normalized spacial score (nSPS) is 12.4. The molecule has 0 atom stereocenters. The summed E-state index contributed by atoms with van der Waals surface area (Å²) < 4.78 is 10.7. The highest BCUT2D eigenvalue weighted by molar-refractivity contribution is 5.51. The van der Waals surface area contributed by atoms with E-state index in [0.717, 1.165) is 16.9 Å². The van der Waals surface area contributed by atoms with Crippen LogP contribution in [-0.4, -0.2) is 23.2 Å². The second-order valence-corrected chi connectivity index (χ2v) is 6.53. The summed E-state index contributed by atoms with van der Waals surface area (Å²) in [6.45, 7) is 3.91. The maximum Gasteiger partial charge on any atom is 0.272 e. The van der Waals surface area contributed by atoms with Gasteiger partial charge < -0.3 is 19.4 Å². The van der Waals surface area contributed by atoms with Crippen molar-refractivity contribution in [3.8, 4) is 11.5 Å². The van der Waals surface area contributed by atoms with E-state index in [1.807, 2.05) is 38.1 Å². The Morgan fingerprint density at radius 2 is 1.18 bits per heavy atom. The molecule has 1 aromatic heterocycles. The van der Waals surface area contributed by atoms with Crippen molar-refractivity contribution >= 4 is 12.2 Å². The minimum absolute atomic E-state index is 0.0866. The predicted octanol–water partition coefficient (Wildman–Crippen LogP) is 1.52. The lowest BCUT2D eigenvalue weighted by Gasteiger charge is -2.09. The van der Waals surface area contributed by atoms with E-state index >= 15 is 0 Å². The topological polar surface area (TPSA) is 84.2 Å². The van der Waals surface area contributed by atoms with E-state index in [4.69, 9.17) is 9.47 Å². The molecule has 0 amide bonds. The quantitative estimate of drug-likeness (QED) is 0.705. The number of nitrogens with one attached hydrogen (secondary N) is 2. The van der Waals surface area contributed by atoms with Gasteiger partial charge in [-0.2, -0.15) is 0 Å². The summed E-state index contributed by atoms with van der Waals surface area (Å²) in [5.74, 6) is 1.47. The lowest BCUT2D eigenvalue weighted by atomic mass is 10.2. The number of hydrogen-bond donors (Lipinski definition) is 2. The van der Waals surface area contributed by atoms with Gasteiger partial charge in [-0.1, -0.05) is 24.3 Å². The zero-order valence-corrected chi connectivity index (χ0v) is 16.0. The van der Waals surface area contributed by atoms with E-state index in [-0.39, 0.29) is 27.9 Å². The molecule has 0 bridgehead atoms. The average molecular weight is 378 g/mol. The van der Waals surface area contributed by atoms with Gasteiger partial charge in [-0.05, 0) is 61.4 Å². The molecule has 0 saturated heterocycles. The van der Waals surface area contributed by atoms with Gasteiger partial charge in [0, 0.05) is 0 Å². The fourth-order valence-electron chi connectivity index (χ4n) is 2.64. The second-order valence-electron chi connectivity index (χ2n) is 6.53. The van der Waals surface area contributed by atoms with Gasteiger partial charge in [-0.25, -0.2) is 0 Å². The van der Waals surface area contributed by atoms with Crippen LogP contribution >= 0.6 is 0 Å². The van der Waals surface area contributed by atoms with Crippen molar-refractivity contribution in [2.75, 3.05) is 7.11 Å². The zero-order chi connectivity index (χ0) is 20.1. The van der Waals surface area contributed by atoms with Crippen molar-refractivity contribution in [3.63, 3.8) is 0 Å². The zero-order valence-electron chi connectivity index (χ0n) is 16.0. The molecule has 0 spiro atoms. The molecule has 2 aromatic carbocycles. The number of methoxy groups -OCH3 is 1. The van der Waals surface area contributed by atoms with Crippen molar-refractivity contribution in [2.24, 2.45) is 0 Å². The average Bonchev–Trinajstić information content (AvgIpc) is 2.67. The number of aromatic amines is 2. The Hall–Kier alpha value is -3.54. The highest BCUT2D eigenvalue weighted by atomic mass is 16.5. The molecule has 3 aromatic rings. The number of rotatable bonds is 5. The van der Waals surface area contributed by atoms with Gasteiger partial charge in [0.05, 0.1) is 13.2 Å². The lowest BCUT2D eigenvalue weighted by Crippen LogP contribution is -2.46. The molecule has 0 saturated carbocycles. The van der Waals surface area contributed by atoms with Gasteiger partial charge in [-0.3, -0.25) is 9.59 Å². The molecule has 0 aliphatic rings. The fourth-order valence-corrected chi connectivity index (χ4v) is 2.64. The van der Waals surface area contributed by atoms with Crippen molar-refractivity contribution in [1.82, 2.24) is 9.97 Å². The van der Waals surface area contributed by atoms with Gasteiger partial charge in [-0.15, -0.1) is 0 Å². The van der Waals surface area contributed by atoms with Crippen LogP contribution in [0.1, 0.15) is 25.0 Å². The Morgan fingerprint density at radius 3 is 1.57 bits per heavy atom. The molecule has 0 aliphatic heterocycles. The van der Waals surface area contributed by atoms with E-state index in [1.165, 1.54) is 0 Å². The van der Waals surface area contributed by atoms with Gasteiger partial charge in [0.2, 0.25) is 0 Å². The summed E-state index contributed by atoms with van der Waals surface area (Å²) in [6, 6.07) is 14.5. The third kappa shape index (κ3) is 4.79. The van der Waals surface area contributed by atoms with Crippen LogP contribution in [-0.2, 0) is 0 Å². The molecule has 6 heteroatoms. The number of aromatic nitrogens is 2. The van der Waals surface area contributed by atoms with E-state index in [1.54, 1.807) is 43.5 Å². The molecule has 28 heavy (non-hydrogen) atoms. The highest BCUT2D eigenvalue weighted by Gasteiger charge is 2.00. The Bertz CT molecular complexity index is 1170. The third-order valence-corrected chi connectivity index (χ3v) is 3.98. The van der Waals surface area contributed by atoms with Crippen LogP contribution in [0.25, 0.3) is 12.2 Å². The fraction of sp³-hybridized carbons (Fsp3) is 0.182. The molecule has 3 rings (SSSR count). The van der Waals surface area contributed by atoms with Crippen LogP contribution in [0, 0.1) is 0 Å². The van der Waals surface area contributed by atoms with Gasteiger partial charge in [0.15, 0.2) is 0 Å². The smallest absolute Gasteiger partial charge is 0.272 e. The molecule has 0 fully saturated rings. The number of hydrogen-bond acceptors (Lipinski definition) is 4. The van der Waals surface area contributed by atoms with Crippen molar-refractivity contribution in [3.05, 3.63) is 91.1 Å². The van der Waals surface area contributed by atoms with E-state index < -0.39 is 0 Å². The van der Waals surface area contributed by atoms with Gasteiger partial charge in [0.1, 0.15) is 22.2 Å². The molecule has 144 valence electrons. The lowest BCUT2D eigenvalue weighted by molar-refractivity contribution is 0.242.